The summed E-state index contributed by atoms with van der Waals surface area (Å²) < 4.78 is 0. The molecule has 0 aliphatic heterocycles. The highest BCUT2D eigenvalue weighted by Crippen LogP contribution is 1.94. The van der Waals surface area contributed by atoms with Gasteiger partial charge in [0.15, 0.2) is 0 Å². The molecule has 0 spiro atoms. The van der Waals surface area contributed by atoms with Gasteiger partial charge in [-0.05, 0) is 27.7 Å². The first-order valence-electron chi connectivity index (χ1n) is 3.75. The molecule has 0 bridgehead atoms. The van der Waals surface area contributed by atoms with E-state index in [4.69, 9.17) is 0 Å². The third-order valence-electron chi connectivity index (χ3n) is 1.16. The molecular weight excluding hydrogens is 124 g/mol. The Morgan fingerprint density at radius 2 is 1.80 bits per heavy atom. The quantitative estimate of drug-likeness (QED) is 0.602. The largest absolute Gasteiger partial charge is 0.314 e. The lowest BCUT2D eigenvalue weighted by Crippen LogP contribution is -2.42. The van der Waals surface area contributed by atoms with Gasteiger partial charge in [0.05, 0.1) is 0 Å². The van der Waals surface area contributed by atoms with Crippen LogP contribution in [0.1, 0.15) is 27.7 Å². The summed E-state index contributed by atoms with van der Waals surface area (Å²) in [6.45, 7) is 12.2. The van der Waals surface area contributed by atoms with Crippen LogP contribution in [0.4, 0.5) is 0 Å². The zero-order valence-electron chi connectivity index (χ0n) is 7.39. The number of nitrogens with zero attached hydrogens (tertiary/aromatic N) is 1. The van der Waals surface area contributed by atoms with E-state index in [0.29, 0.717) is 12.1 Å². The first-order chi connectivity index (χ1) is 4.57. The Kier molecular flexibility index (Phi) is 4.12. The summed E-state index contributed by atoms with van der Waals surface area (Å²) in [6.07, 6.45) is 1.81. The number of rotatable bonds is 4. The molecular formula is C8H18N2. The predicted molar refractivity (Wildman–Crippen MR) is 45.4 cm³/mol. The van der Waals surface area contributed by atoms with Gasteiger partial charge >= 0.3 is 0 Å². The smallest absolute Gasteiger partial charge is 0.0391 e. The normalized spacial score (nSPS) is 10.6. The van der Waals surface area contributed by atoms with Crippen molar-refractivity contribution in [2.75, 3.05) is 0 Å². The highest BCUT2D eigenvalue weighted by atomic mass is 15.5. The van der Waals surface area contributed by atoms with E-state index in [-0.39, 0.29) is 0 Å². The van der Waals surface area contributed by atoms with E-state index in [1.54, 1.807) is 0 Å². The summed E-state index contributed by atoms with van der Waals surface area (Å²) in [5.41, 5.74) is 3.24. The van der Waals surface area contributed by atoms with E-state index in [0.717, 1.165) is 0 Å². The Hall–Kier alpha value is -0.500. The van der Waals surface area contributed by atoms with E-state index in [2.05, 4.69) is 39.7 Å². The molecule has 2 heteroatoms. The van der Waals surface area contributed by atoms with Crippen molar-refractivity contribution in [3.63, 3.8) is 0 Å². The predicted octanol–water partition coefficient (Wildman–Crippen LogP) is 1.75. The highest BCUT2D eigenvalue weighted by molar-refractivity contribution is 4.71. The van der Waals surface area contributed by atoms with Crippen LogP contribution in [0.2, 0.25) is 0 Å². The zero-order chi connectivity index (χ0) is 8.15. The fourth-order valence-corrected chi connectivity index (χ4v) is 0.711. The fraction of sp³-hybridized carbons (Fsp3) is 0.750. The molecule has 1 N–H and O–H groups in total. The molecule has 0 heterocycles. The van der Waals surface area contributed by atoms with Crippen molar-refractivity contribution in [3.8, 4) is 0 Å². The molecule has 0 radical (unpaired) electrons. The van der Waals surface area contributed by atoms with Crippen molar-refractivity contribution in [2.45, 2.75) is 39.8 Å². The van der Waals surface area contributed by atoms with Crippen LogP contribution >= 0.6 is 0 Å². The molecule has 0 aromatic carbocycles. The first-order valence-corrected chi connectivity index (χ1v) is 3.75. The third kappa shape index (κ3) is 3.51. The van der Waals surface area contributed by atoms with E-state index < -0.39 is 0 Å². The van der Waals surface area contributed by atoms with Gasteiger partial charge in [0.1, 0.15) is 0 Å². The van der Waals surface area contributed by atoms with Gasteiger partial charge in [0, 0.05) is 18.3 Å². The lowest BCUT2D eigenvalue weighted by molar-refractivity contribution is 0.198. The Labute approximate surface area is 63.9 Å². The minimum Gasteiger partial charge on any atom is -0.314 e. The minimum atomic E-state index is 0.472. The summed E-state index contributed by atoms with van der Waals surface area (Å²) >= 11 is 0. The average molecular weight is 142 g/mol. The molecule has 0 atom stereocenters. The maximum Gasteiger partial charge on any atom is 0.0391 e. The molecule has 2 nitrogen and oxygen atoms in total. The molecule has 0 aromatic rings. The lowest BCUT2D eigenvalue weighted by Gasteiger charge is -2.27. The second kappa shape index (κ2) is 4.34. The number of hydrogen-bond donors (Lipinski definition) is 1. The summed E-state index contributed by atoms with van der Waals surface area (Å²) in [4.78, 5) is 0. The van der Waals surface area contributed by atoms with Crippen LogP contribution < -0.4 is 5.43 Å². The highest BCUT2D eigenvalue weighted by Gasteiger charge is 2.02. The van der Waals surface area contributed by atoms with Gasteiger partial charge in [-0.15, -0.1) is 0 Å². The zero-order valence-corrected chi connectivity index (χ0v) is 7.39. The molecule has 0 rings (SSSR count). The van der Waals surface area contributed by atoms with E-state index in [1.165, 1.54) is 0 Å². The lowest BCUT2D eigenvalue weighted by atomic mass is 10.4. The van der Waals surface area contributed by atoms with Gasteiger partial charge in [-0.25, -0.2) is 5.43 Å². The van der Waals surface area contributed by atoms with Gasteiger partial charge in [0.25, 0.3) is 0 Å². The van der Waals surface area contributed by atoms with Crippen molar-refractivity contribution in [3.05, 3.63) is 12.8 Å². The molecule has 0 unspecified atom stereocenters. The molecule has 0 aliphatic rings. The summed E-state index contributed by atoms with van der Waals surface area (Å²) in [7, 11) is 0. The van der Waals surface area contributed by atoms with Gasteiger partial charge in [-0.2, -0.15) is 0 Å². The van der Waals surface area contributed by atoms with Crippen LogP contribution in [-0.4, -0.2) is 17.1 Å². The van der Waals surface area contributed by atoms with Crippen molar-refractivity contribution in [1.82, 2.24) is 10.4 Å². The topological polar surface area (TPSA) is 15.3 Å². The summed E-state index contributed by atoms with van der Waals surface area (Å²) in [5.74, 6) is 0. The van der Waals surface area contributed by atoms with Gasteiger partial charge in [0.2, 0.25) is 0 Å². The first kappa shape index (κ1) is 9.50. The maximum atomic E-state index is 3.70. The van der Waals surface area contributed by atoms with Crippen LogP contribution in [0.3, 0.4) is 0 Å². The monoisotopic (exact) mass is 142 g/mol. The minimum absolute atomic E-state index is 0.472. The SMILES string of the molecule is C=CN(NC(C)C)C(C)C. The van der Waals surface area contributed by atoms with Crippen molar-refractivity contribution in [1.29, 1.82) is 0 Å². The summed E-state index contributed by atoms with van der Waals surface area (Å²) in [6, 6.07) is 0.945. The van der Waals surface area contributed by atoms with Crippen LogP contribution in [-0.2, 0) is 0 Å². The third-order valence-corrected chi connectivity index (χ3v) is 1.16. The molecule has 0 saturated heterocycles. The molecule has 0 aliphatic carbocycles. The van der Waals surface area contributed by atoms with E-state index in [9.17, 15) is 0 Å². The molecule has 60 valence electrons. The molecule has 0 saturated carbocycles. The Morgan fingerprint density at radius 3 is 1.90 bits per heavy atom. The van der Waals surface area contributed by atoms with Crippen LogP contribution in [0.25, 0.3) is 0 Å². The Bertz CT molecular complexity index is 97.4. The van der Waals surface area contributed by atoms with Gasteiger partial charge in [-0.1, -0.05) is 6.58 Å². The molecule has 0 amide bonds. The van der Waals surface area contributed by atoms with Crippen LogP contribution in [0, 0.1) is 0 Å². The van der Waals surface area contributed by atoms with Crippen LogP contribution in [0.15, 0.2) is 12.8 Å². The number of hydrazine groups is 1. The maximum absolute atomic E-state index is 3.70. The molecule has 0 fully saturated rings. The Balaban J connectivity index is 3.71. The van der Waals surface area contributed by atoms with Crippen LogP contribution in [0.5, 0.6) is 0 Å². The Morgan fingerprint density at radius 1 is 1.30 bits per heavy atom. The van der Waals surface area contributed by atoms with Gasteiger partial charge in [-0.3, -0.25) is 0 Å². The van der Waals surface area contributed by atoms with Crippen molar-refractivity contribution >= 4 is 0 Å². The number of hydrogen-bond acceptors (Lipinski definition) is 2. The van der Waals surface area contributed by atoms with Gasteiger partial charge < -0.3 is 5.01 Å². The standard InChI is InChI=1S/C8H18N2/c1-6-10(8(4)5)9-7(2)3/h6-9H,1H2,2-5H3. The number of nitrogens with one attached hydrogen (secondary N) is 1. The second-order valence-electron chi connectivity index (χ2n) is 2.97. The average Bonchev–Trinajstić information content (AvgIpc) is 1.81. The summed E-state index contributed by atoms with van der Waals surface area (Å²) in [5, 5.41) is 2.00. The van der Waals surface area contributed by atoms with Crippen molar-refractivity contribution in [2.24, 2.45) is 0 Å². The molecule has 0 aromatic heterocycles. The van der Waals surface area contributed by atoms with Crippen molar-refractivity contribution < 1.29 is 0 Å². The fourth-order valence-electron chi connectivity index (χ4n) is 0.711. The van der Waals surface area contributed by atoms with E-state index in [1.807, 2.05) is 11.2 Å². The molecule has 10 heavy (non-hydrogen) atoms. The second-order valence-corrected chi connectivity index (χ2v) is 2.97. The van der Waals surface area contributed by atoms with E-state index >= 15 is 0 Å².